The van der Waals surface area contributed by atoms with E-state index in [9.17, 15) is 31.9 Å². The normalized spacial score (nSPS) is 19.6. The summed E-state index contributed by atoms with van der Waals surface area (Å²) in [6.45, 7) is -0.439. The number of aliphatic carboxylic acids is 1. The Morgan fingerprint density at radius 2 is 1.79 bits per heavy atom. The standard InChI is InChI=1S/C27H19F5N4O3/c1-39-26(11-10-16(15-6-3-2-4-7-15)21(27(30,31)32)22(26)25(37)38)14-36-13-20-19(12-33-36)34-24(35-20)17-8-5-9-18(28)23(17)29/h2-13,22H,14H2,1H3,(H,37,38). The fraction of sp³-hybridized carbons (Fsp3) is 0.185. The highest BCUT2D eigenvalue weighted by molar-refractivity contribution is 5.88. The zero-order valence-electron chi connectivity index (χ0n) is 20.2. The molecule has 0 aromatic heterocycles. The molecular weight excluding hydrogens is 523 g/mol. The van der Waals surface area contributed by atoms with E-state index < -0.39 is 47.4 Å². The van der Waals surface area contributed by atoms with Gasteiger partial charge in [0.25, 0.3) is 0 Å². The molecule has 12 heteroatoms. The number of imidazole rings is 1. The molecule has 2 unspecified atom stereocenters. The van der Waals surface area contributed by atoms with Gasteiger partial charge >= 0.3 is 12.1 Å². The summed E-state index contributed by atoms with van der Waals surface area (Å²) in [4.78, 5) is 20.8. The second-order valence-electron chi connectivity index (χ2n) is 8.85. The fourth-order valence-corrected chi connectivity index (χ4v) is 4.72. The molecule has 0 fully saturated rings. The molecule has 0 bridgehead atoms. The SMILES string of the molecule is COC1(Cn2cc3nc(-c4cccc(F)c4F)nc-3cn2)C=CC(c2ccccc2)=C(C(F)(F)F)C1C(=O)O. The Hall–Kier alpha value is -4.45. The Morgan fingerprint density at radius 3 is 2.46 bits per heavy atom. The summed E-state index contributed by atoms with van der Waals surface area (Å²) in [5.74, 6) is -6.21. The minimum Gasteiger partial charge on any atom is -0.481 e. The average molecular weight is 542 g/mol. The van der Waals surface area contributed by atoms with Gasteiger partial charge in [-0.05, 0) is 29.3 Å². The number of carbonyl (C=O) groups is 1. The monoisotopic (exact) mass is 542 g/mol. The Balaban J connectivity index is 1.58. The highest BCUT2D eigenvalue weighted by Crippen LogP contribution is 2.47. The van der Waals surface area contributed by atoms with E-state index in [1.54, 1.807) is 18.2 Å². The molecule has 0 amide bonds. The maximum atomic E-state index is 14.4. The van der Waals surface area contributed by atoms with Crippen LogP contribution >= 0.6 is 0 Å². The van der Waals surface area contributed by atoms with Crippen molar-refractivity contribution in [3.63, 3.8) is 0 Å². The van der Waals surface area contributed by atoms with Crippen LogP contribution in [0.3, 0.4) is 0 Å². The molecule has 7 nitrogen and oxygen atoms in total. The molecule has 2 aliphatic heterocycles. The first-order valence-corrected chi connectivity index (χ1v) is 11.5. The van der Waals surface area contributed by atoms with Crippen molar-refractivity contribution in [2.75, 3.05) is 7.11 Å². The van der Waals surface area contributed by atoms with Gasteiger partial charge in [-0.3, -0.25) is 9.48 Å². The molecule has 3 aliphatic rings. The van der Waals surface area contributed by atoms with Crippen molar-refractivity contribution in [2.45, 2.75) is 18.3 Å². The fourth-order valence-electron chi connectivity index (χ4n) is 4.72. The predicted octanol–water partition coefficient (Wildman–Crippen LogP) is 5.40. The number of nitrogens with zero attached hydrogens (tertiary/aromatic N) is 4. The van der Waals surface area contributed by atoms with Gasteiger partial charge in [-0.25, -0.2) is 18.7 Å². The van der Waals surface area contributed by atoms with Gasteiger partial charge in [-0.15, -0.1) is 0 Å². The van der Waals surface area contributed by atoms with E-state index >= 15 is 0 Å². The third-order valence-electron chi connectivity index (χ3n) is 6.53. The summed E-state index contributed by atoms with van der Waals surface area (Å²) in [5.41, 5.74) is -3.11. The summed E-state index contributed by atoms with van der Waals surface area (Å²) in [7, 11) is 1.12. The highest BCUT2D eigenvalue weighted by atomic mass is 19.4. The van der Waals surface area contributed by atoms with Crippen LogP contribution in [0, 0.1) is 17.6 Å². The van der Waals surface area contributed by atoms with Gasteiger partial charge in [-0.1, -0.05) is 42.5 Å². The van der Waals surface area contributed by atoms with Crippen LogP contribution in [0.25, 0.3) is 28.3 Å². The van der Waals surface area contributed by atoms with Crippen molar-refractivity contribution in [3.8, 4) is 22.8 Å². The van der Waals surface area contributed by atoms with Crippen LogP contribution in [0.5, 0.6) is 0 Å². The van der Waals surface area contributed by atoms with E-state index in [0.29, 0.717) is 0 Å². The van der Waals surface area contributed by atoms with Gasteiger partial charge in [0.2, 0.25) is 0 Å². The van der Waals surface area contributed by atoms with Crippen LogP contribution in [-0.4, -0.2) is 49.7 Å². The van der Waals surface area contributed by atoms with Crippen LogP contribution in [0.1, 0.15) is 5.56 Å². The number of hydrogen-bond donors (Lipinski definition) is 1. The number of alkyl halides is 3. The van der Waals surface area contributed by atoms with Crippen LogP contribution in [0.2, 0.25) is 0 Å². The average Bonchev–Trinajstić information content (AvgIpc) is 3.33. The molecule has 1 aliphatic carbocycles. The first-order valence-electron chi connectivity index (χ1n) is 11.5. The molecule has 1 N–H and O–H groups in total. The lowest BCUT2D eigenvalue weighted by Gasteiger charge is -2.40. The summed E-state index contributed by atoms with van der Waals surface area (Å²) >= 11 is 0. The van der Waals surface area contributed by atoms with Gasteiger partial charge in [0, 0.05) is 7.11 Å². The maximum Gasteiger partial charge on any atom is 0.414 e. The Bertz CT molecular complexity index is 1580. The Morgan fingerprint density at radius 1 is 1.08 bits per heavy atom. The van der Waals surface area contributed by atoms with Gasteiger partial charge in [0.15, 0.2) is 17.5 Å². The second kappa shape index (κ2) is 9.70. The summed E-state index contributed by atoms with van der Waals surface area (Å²) in [6.07, 6.45) is 0.0522. The number of rotatable bonds is 6. The van der Waals surface area contributed by atoms with Gasteiger partial charge in [-0.2, -0.15) is 18.3 Å². The molecule has 0 radical (unpaired) electrons. The molecular formula is C27H19F5N4O3. The first kappa shape index (κ1) is 26.2. The third-order valence-corrected chi connectivity index (χ3v) is 6.53. The molecule has 0 spiro atoms. The molecule has 200 valence electrons. The lowest BCUT2D eigenvalue weighted by molar-refractivity contribution is -0.159. The lowest BCUT2D eigenvalue weighted by atomic mass is 9.73. The van der Waals surface area contributed by atoms with Crippen LogP contribution in [0.15, 0.2) is 78.6 Å². The van der Waals surface area contributed by atoms with Crippen molar-refractivity contribution >= 4 is 11.5 Å². The smallest absolute Gasteiger partial charge is 0.414 e. The van der Waals surface area contributed by atoms with Crippen molar-refractivity contribution in [1.29, 1.82) is 0 Å². The van der Waals surface area contributed by atoms with Crippen LogP contribution in [-0.2, 0) is 16.1 Å². The number of methoxy groups -OCH3 is 1. The number of carboxylic acids is 1. The van der Waals surface area contributed by atoms with E-state index in [2.05, 4.69) is 15.1 Å². The maximum absolute atomic E-state index is 14.4. The Labute approximate surface area is 218 Å². The minimum atomic E-state index is -4.99. The number of allylic oxidation sites excluding steroid dienone is 2. The van der Waals surface area contributed by atoms with Gasteiger partial charge < -0.3 is 9.84 Å². The number of aromatic nitrogens is 4. The third kappa shape index (κ3) is 4.67. The second-order valence-corrected chi connectivity index (χ2v) is 8.85. The van der Waals surface area contributed by atoms with Gasteiger partial charge in [0.05, 0.1) is 30.1 Å². The highest BCUT2D eigenvalue weighted by Gasteiger charge is 2.55. The molecule has 39 heavy (non-hydrogen) atoms. The molecule has 0 saturated heterocycles. The molecule has 2 atom stereocenters. The van der Waals surface area contributed by atoms with E-state index in [-0.39, 0.29) is 33.9 Å². The van der Waals surface area contributed by atoms with E-state index in [0.717, 1.165) is 13.2 Å². The molecule has 0 saturated carbocycles. The zero-order valence-corrected chi connectivity index (χ0v) is 20.2. The van der Waals surface area contributed by atoms with E-state index in [4.69, 9.17) is 4.74 Å². The lowest BCUT2D eigenvalue weighted by Crippen LogP contribution is -2.51. The molecule has 5 rings (SSSR count). The number of halogens is 5. The number of fused-ring (bicyclic) bond motifs is 1. The van der Waals surface area contributed by atoms with Gasteiger partial charge in [0.1, 0.15) is 22.9 Å². The topological polar surface area (TPSA) is 90.1 Å². The first-order chi connectivity index (χ1) is 18.5. The van der Waals surface area contributed by atoms with Crippen molar-refractivity contribution in [3.05, 3.63) is 95.8 Å². The zero-order chi connectivity index (χ0) is 27.9. The number of carboxylic acid groups (broad SMARTS) is 1. The van der Waals surface area contributed by atoms with Crippen molar-refractivity contribution < 1.29 is 36.6 Å². The summed E-state index contributed by atoms with van der Waals surface area (Å²) < 4.78 is 77.9. The molecule has 2 heterocycles. The van der Waals surface area contributed by atoms with Crippen molar-refractivity contribution in [2.24, 2.45) is 5.92 Å². The number of hydrogen-bond acceptors (Lipinski definition) is 5. The summed E-state index contributed by atoms with van der Waals surface area (Å²) in [5, 5.41) is 14.2. The minimum absolute atomic E-state index is 0.112. The van der Waals surface area contributed by atoms with E-state index in [1.165, 1.54) is 53.5 Å². The largest absolute Gasteiger partial charge is 0.481 e. The predicted molar refractivity (Wildman–Crippen MR) is 129 cm³/mol. The number of ether oxygens (including phenoxy) is 1. The quantitative estimate of drug-likeness (QED) is 0.329. The molecule has 2 aromatic rings. The number of benzene rings is 2. The molecule has 2 aromatic carbocycles. The Kier molecular flexibility index (Phi) is 6.51. The summed E-state index contributed by atoms with van der Waals surface area (Å²) in [6, 6.07) is 11.2. The van der Waals surface area contributed by atoms with Crippen LogP contribution < -0.4 is 0 Å². The van der Waals surface area contributed by atoms with Crippen molar-refractivity contribution in [1.82, 2.24) is 19.7 Å². The van der Waals surface area contributed by atoms with Crippen LogP contribution in [0.4, 0.5) is 22.0 Å². The van der Waals surface area contributed by atoms with E-state index in [1.807, 2.05) is 0 Å².